The standard InChI is InChI=1S/C48H32N4S/c1-30-12-11-15-33(29-43(30)51-40-19-8-5-16-34(40)35-17-6-9-20-41(35)51)39-26-27-49-48(50-39)52-42-25-24-37-36-18-7-10-21-45(36)53-47(37)46(42)38-23-22-32(28-44(38)52)31-13-3-2-4-14-31/h2-29,43H,1H3. The summed E-state index contributed by atoms with van der Waals surface area (Å²) >= 11 is 1.86. The van der Waals surface area contributed by atoms with E-state index in [-0.39, 0.29) is 6.04 Å². The lowest BCUT2D eigenvalue weighted by Gasteiger charge is -2.19. The molecule has 11 rings (SSSR count). The Morgan fingerprint density at radius 2 is 1.32 bits per heavy atom. The summed E-state index contributed by atoms with van der Waals surface area (Å²) in [5.41, 5.74) is 10.2. The number of hydrogen-bond acceptors (Lipinski definition) is 3. The lowest BCUT2D eigenvalue weighted by atomic mass is 10.0. The molecule has 0 saturated carbocycles. The van der Waals surface area contributed by atoms with Crippen molar-refractivity contribution in [2.75, 3.05) is 0 Å². The van der Waals surface area contributed by atoms with E-state index in [0.29, 0.717) is 5.95 Å². The molecule has 4 heterocycles. The van der Waals surface area contributed by atoms with Crippen LogP contribution in [0.2, 0.25) is 0 Å². The molecule has 1 aliphatic carbocycles. The van der Waals surface area contributed by atoms with Crippen molar-refractivity contribution < 1.29 is 0 Å². The molecular formula is C48H32N4S. The zero-order chi connectivity index (χ0) is 35.0. The van der Waals surface area contributed by atoms with E-state index in [1.807, 2.05) is 23.6 Å². The predicted molar refractivity (Wildman–Crippen MR) is 224 cm³/mol. The second-order valence-electron chi connectivity index (χ2n) is 13.9. The van der Waals surface area contributed by atoms with Crippen molar-refractivity contribution in [1.82, 2.24) is 19.1 Å². The number of thiophene rings is 1. The fourth-order valence-corrected chi connectivity index (χ4v) is 9.65. The number of fused-ring (bicyclic) bond motifs is 10. The molecule has 4 nitrogen and oxygen atoms in total. The molecule has 6 aromatic carbocycles. The van der Waals surface area contributed by atoms with E-state index in [1.54, 1.807) is 0 Å². The van der Waals surface area contributed by atoms with E-state index < -0.39 is 0 Å². The molecule has 0 fully saturated rings. The maximum absolute atomic E-state index is 5.37. The van der Waals surface area contributed by atoms with E-state index in [2.05, 4.69) is 174 Å². The molecule has 5 heteroatoms. The zero-order valence-corrected chi connectivity index (χ0v) is 29.8. The summed E-state index contributed by atoms with van der Waals surface area (Å²) in [5.74, 6) is 0.657. The highest BCUT2D eigenvalue weighted by molar-refractivity contribution is 7.26. The van der Waals surface area contributed by atoms with Gasteiger partial charge in [0.25, 0.3) is 0 Å². The Labute approximate surface area is 309 Å². The summed E-state index contributed by atoms with van der Waals surface area (Å²) in [4.78, 5) is 10.4. The van der Waals surface area contributed by atoms with Gasteiger partial charge in [-0.05, 0) is 71.7 Å². The fourth-order valence-electron chi connectivity index (χ4n) is 8.39. The second-order valence-corrected chi connectivity index (χ2v) is 14.9. The highest BCUT2D eigenvalue weighted by Crippen LogP contribution is 2.44. The summed E-state index contributed by atoms with van der Waals surface area (Å²) in [7, 11) is 0. The Kier molecular flexibility index (Phi) is 6.67. The highest BCUT2D eigenvalue weighted by atomic mass is 32.1. The number of rotatable bonds is 4. The molecule has 0 aliphatic heterocycles. The first-order valence-electron chi connectivity index (χ1n) is 18.0. The maximum atomic E-state index is 5.37. The van der Waals surface area contributed by atoms with Crippen LogP contribution in [0.1, 0.15) is 18.7 Å². The van der Waals surface area contributed by atoms with Crippen LogP contribution >= 0.6 is 11.3 Å². The molecule has 4 aromatic heterocycles. The third-order valence-electron chi connectivity index (χ3n) is 10.9. The van der Waals surface area contributed by atoms with Gasteiger partial charge in [0.2, 0.25) is 5.95 Å². The Bertz CT molecular complexity index is 3140. The molecule has 0 amide bonds. The van der Waals surface area contributed by atoms with Crippen molar-refractivity contribution in [3.8, 4) is 17.1 Å². The minimum Gasteiger partial charge on any atom is -0.330 e. The predicted octanol–water partition coefficient (Wildman–Crippen LogP) is 12.9. The first kappa shape index (κ1) is 30.1. The SMILES string of the molecule is CC1=CC=CC(c2ccnc(-n3c4cc(-c5ccccc5)ccc4c4c5sc6ccccc6c5ccc43)n2)=CC1n1c2ccccc2c2ccccc21. The van der Waals surface area contributed by atoms with E-state index in [9.17, 15) is 0 Å². The summed E-state index contributed by atoms with van der Waals surface area (Å²) in [6.45, 7) is 2.22. The molecule has 1 atom stereocenters. The third-order valence-corrected chi connectivity index (χ3v) is 12.1. The van der Waals surface area contributed by atoms with Crippen LogP contribution in [-0.4, -0.2) is 19.1 Å². The molecule has 0 bridgehead atoms. The average Bonchev–Trinajstić information content (AvgIpc) is 3.82. The van der Waals surface area contributed by atoms with Gasteiger partial charge in [0.1, 0.15) is 0 Å². The van der Waals surface area contributed by atoms with Gasteiger partial charge in [-0.1, -0.05) is 121 Å². The average molecular weight is 697 g/mol. The molecule has 0 radical (unpaired) electrons. The number of para-hydroxylation sites is 2. The van der Waals surface area contributed by atoms with Crippen molar-refractivity contribution >= 4 is 80.7 Å². The minimum absolute atomic E-state index is 0.00568. The van der Waals surface area contributed by atoms with Gasteiger partial charge in [-0.25, -0.2) is 9.97 Å². The van der Waals surface area contributed by atoms with Gasteiger partial charge in [0.15, 0.2) is 0 Å². The lowest BCUT2D eigenvalue weighted by molar-refractivity contribution is 0.739. The summed E-state index contributed by atoms with van der Waals surface area (Å²) in [6, 6.07) is 50.2. The van der Waals surface area contributed by atoms with E-state index in [1.165, 1.54) is 63.9 Å². The monoisotopic (exact) mass is 696 g/mol. The highest BCUT2D eigenvalue weighted by Gasteiger charge is 2.22. The zero-order valence-electron chi connectivity index (χ0n) is 28.9. The molecule has 0 N–H and O–H groups in total. The molecule has 1 unspecified atom stereocenters. The van der Waals surface area contributed by atoms with Gasteiger partial charge in [-0.15, -0.1) is 11.3 Å². The van der Waals surface area contributed by atoms with Gasteiger partial charge in [0.05, 0.1) is 22.8 Å². The van der Waals surface area contributed by atoms with E-state index in [4.69, 9.17) is 9.97 Å². The Balaban J connectivity index is 1.13. The van der Waals surface area contributed by atoms with Crippen molar-refractivity contribution in [3.63, 3.8) is 0 Å². The number of allylic oxidation sites excluding steroid dienone is 6. The number of nitrogens with zero attached hydrogens (tertiary/aromatic N) is 4. The second kappa shape index (κ2) is 11.7. The van der Waals surface area contributed by atoms with Crippen LogP contribution in [-0.2, 0) is 0 Å². The van der Waals surface area contributed by atoms with Crippen LogP contribution < -0.4 is 0 Å². The van der Waals surface area contributed by atoms with Crippen LogP contribution in [0.5, 0.6) is 0 Å². The number of benzene rings is 6. The quantitative estimate of drug-likeness (QED) is 0.184. The van der Waals surface area contributed by atoms with Crippen LogP contribution in [0.25, 0.3) is 86.4 Å². The molecule has 250 valence electrons. The topological polar surface area (TPSA) is 35.6 Å². The Morgan fingerprint density at radius 1 is 0.604 bits per heavy atom. The molecule has 1 aliphatic rings. The smallest absolute Gasteiger partial charge is 0.235 e. The van der Waals surface area contributed by atoms with Crippen LogP contribution in [0.3, 0.4) is 0 Å². The van der Waals surface area contributed by atoms with Crippen molar-refractivity contribution in [2.24, 2.45) is 0 Å². The largest absolute Gasteiger partial charge is 0.330 e. The molecule has 0 spiro atoms. The van der Waals surface area contributed by atoms with Gasteiger partial charge in [0, 0.05) is 58.9 Å². The summed E-state index contributed by atoms with van der Waals surface area (Å²) in [6.07, 6.45) is 10.8. The lowest BCUT2D eigenvalue weighted by Crippen LogP contribution is -2.08. The first-order chi connectivity index (χ1) is 26.2. The number of aromatic nitrogens is 4. The molecule has 0 saturated heterocycles. The molecule has 10 aromatic rings. The normalized spacial score (nSPS) is 14.8. The maximum Gasteiger partial charge on any atom is 0.235 e. The molecular weight excluding hydrogens is 665 g/mol. The van der Waals surface area contributed by atoms with Crippen LogP contribution in [0.4, 0.5) is 0 Å². The molecule has 53 heavy (non-hydrogen) atoms. The van der Waals surface area contributed by atoms with Crippen molar-refractivity contribution in [1.29, 1.82) is 0 Å². The minimum atomic E-state index is 0.00568. The Hall–Kier alpha value is -6.56. The first-order valence-corrected chi connectivity index (χ1v) is 18.8. The van der Waals surface area contributed by atoms with E-state index >= 15 is 0 Å². The number of hydrogen-bond donors (Lipinski definition) is 0. The van der Waals surface area contributed by atoms with Gasteiger partial charge in [-0.3, -0.25) is 4.57 Å². The Morgan fingerprint density at radius 3 is 2.13 bits per heavy atom. The van der Waals surface area contributed by atoms with Crippen molar-refractivity contribution in [3.05, 3.63) is 181 Å². The van der Waals surface area contributed by atoms with Crippen molar-refractivity contribution in [2.45, 2.75) is 13.0 Å². The third kappa shape index (κ3) is 4.61. The van der Waals surface area contributed by atoms with Crippen LogP contribution in [0.15, 0.2) is 176 Å². The fraction of sp³-hybridized carbons (Fsp3) is 0.0417. The van der Waals surface area contributed by atoms with Crippen LogP contribution in [0, 0.1) is 0 Å². The van der Waals surface area contributed by atoms with Gasteiger partial charge < -0.3 is 4.57 Å². The summed E-state index contributed by atoms with van der Waals surface area (Å²) < 4.78 is 7.32. The van der Waals surface area contributed by atoms with Gasteiger partial charge in [-0.2, -0.15) is 0 Å². The van der Waals surface area contributed by atoms with Gasteiger partial charge >= 0.3 is 0 Å². The summed E-state index contributed by atoms with van der Waals surface area (Å²) in [5, 5.41) is 7.55. The van der Waals surface area contributed by atoms with E-state index in [0.717, 1.165) is 27.9 Å².